The van der Waals surface area contributed by atoms with Crippen LogP contribution in [0.3, 0.4) is 0 Å². The highest BCUT2D eigenvalue weighted by atomic mass is 35.5. The Labute approximate surface area is 315 Å². The summed E-state index contributed by atoms with van der Waals surface area (Å²) in [4.78, 5) is 48.5. The number of amides is 1. The molecule has 15 heteroatoms. The van der Waals surface area contributed by atoms with Gasteiger partial charge in [0.1, 0.15) is 16.9 Å². The number of aryl methyl sites for hydroxylation is 1. The molecule has 2 aromatic heterocycles. The van der Waals surface area contributed by atoms with Crippen molar-refractivity contribution in [3.63, 3.8) is 0 Å². The molecule has 0 saturated carbocycles. The summed E-state index contributed by atoms with van der Waals surface area (Å²) in [5.41, 5.74) is 2.08. The van der Waals surface area contributed by atoms with Crippen LogP contribution in [-0.2, 0) is 11.8 Å². The molecule has 52 heavy (non-hydrogen) atoms. The number of thioether (sulfide) groups is 1. The quantitative estimate of drug-likeness (QED) is 0.156. The number of carbonyl (C=O) groups is 1. The molecule has 0 spiro atoms. The fourth-order valence-electron chi connectivity index (χ4n) is 6.31. The number of piperazine rings is 1. The molecule has 2 unspecified atom stereocenters. The van der Waals surface area contributed by atoms with Gasteiger partial charge in [-0.25, -0.2) is 0 Å². The lowest BCUT2D eigenvalue weighted by Crippen LogP contribution is -2.49. The summed E-state index contributed by atoms with van der Waals surface area (Å²) in [7, 11) is 5.29. The molecule has 2 atom stereocenters. The molecule has 1 amide bonds. The maximum absolute atomic E-state index is 14.1. The van der Waals surface area contributed by atoms with Gasteiger partial charge in [-0.05, 0) is 60.6 Å². The molecule has 5 aromatic rings. The number of hydrogen-bond donors (Lipinski definition) is 0. The van der Waals surface area contributed by atoms with Crippen LogP contribution in [0.25, 0.3) is 10.9 Å². The van der Waals surface area contributed by atoms with E-state index in [9.17, 15) is 9.59 Å². The van der Waals surface area contributed by atoms with E-state index >= 15 is 0 Å². The van der Waals surface area contributed by atoms with E-state index in [1.807, 2.05) is 53.4 Å². The van der Waals surface area contributed by atoms with Crippen LogP contribution in [0.15, 0.2) is 77.6 Å². The number of fused-ring (bicyclic) bond motifs is 1. The number of para-hydroxylation sites is 1. The Morgan fingerprint density at radius 2 is 1.54 bits per heavy atom. The van der Waals surface area contributed by atoms with Crippen molar-refractivity contribution in [1.82, 2.24) is 29.3 Å². The minimum Gasteiger partial charge on any atom is -0.424 e. The number of anilines is 2. The van der Waals surface area contributed by atoms with Crippen molar-refractivity contribution in [3.8, 4) is 23.5 Å². The van der Waals surface area contributed by atoms with Gasteiger partial charge in [-0.15, -0.1) is 16.7 Å². The third-order valence-electron chi connectivity index (χ3n) is 9.23. The lowest BCUT2D eigenvalue weighted by Gasteiger charge is -2.34. The second-order valence-corrected chi connectivity index (χ2v) is 14.9. The summed E-state index contributed by atoms with van der Waals surface area (Å²) in [6, 6.07) is 21.6. The summed E-state index contributed by atoms with van der Waals surface area (Å²) in [5, 5.41) is 1.08. The molecule has 4 heterocycles. The highest BCUT2D eigenvalue weighted by Gasteiger charge is 2.43. The summed E-state index contributed by atoms with van der Waals surface area (Å²) >= 11 is 14.3. The van der Waals surface area contributed by atoms with Crippen molar-refractivity contribution in [2.24, 2.45) is 7.05 Å². The highest BCUT2D eigenvalue weighted by molar-refractivity contribution is 8.01. The summed E-state index contributed by atoms with van der Waals surface area (Å²) in [6.45, 7) is 7.74. The Morgan fingerprint density at radius 3 is 2.23 bits per heavy atom. The number of hydrogen-bond acceptors (Lipinski definition) is 11. The molecule has 0 bridgehead atoms. The Morgan fingerprint density at radius 1 is 0.846 bits per heavy atom. The van der Waals surface area contributed by atoms with Crippen LogP contribution in [0.2, 0.25) is 10.0 Å². The minimum absolute atomic E-state index is 0.000638. The van der Waals surface area contributed by atoms with Crippen LogP contribution in [0.1, 0.15) is 17.9 Å². The first kappa shape index (κ1) is 36.0. The first-order valence-electron chi connectivity index (χ1n) is 16.9. The second kappa shape index (κ2) is 15.3. The fraction of sp³-hybridized carbons (Fsp3) is 0.324. The monoisotopic (exact) mass is 760 g/mol. The molecule has 3 aromatic carbocycles. The number of halogens is 2. The minimum atomic E-state index is -0.298. The molecule has 2 aliphatic heterocycles. The normalized spacial score (nSPS) is 18.3. The summed E-state index contributed by atoms with van der Waals surface area (Å²) < 4.78 is 13.8. The lowest BCUT2D eigenvalue weighted by atomic mass is 10.1. The summed E-state index contributed by atoms with van der Waals surface area (Å²) in [6.07, 6.45) is 0. The molecule has 0 N–H and O–H groups in total. The molecule has 2 fully saturated rings. The maximum atomic E-state index is 14.1. The van der Waals surface area contributed by atoms with E-state index in [1.165, 1.54) is 6.07 Å². The molecule has 7 rings (SSSR count). The zero-order valence-corrected chi connectivity index (χ0v) is 31.5. The second-order valence-electron chi connectivity index (χ2n) is 12.8. The molecule has 2 saturated heterocycles. The Balaban J connectivity index is 1.14. The number of pyridine rings is 1. The van der Waals surface area contributed by atoms with Crippen molar-refractivity contribution >= 4 is 63.4 Å². The zero-order chi connectivity index (χ0) is 36.5. The Kier molecular flexibility index (Phi) is 10.6. The number of aromatic nitrogens is 4. The van der Waals surface area contributed by atoms with E-state index in [0.717, 1.165) is 43.7 Å². The average molecular weight is 762 g/mol. The highest BCUT2D eigenvalue weighted by Crippen LogP contribution is 2.47. The van der Waals surface area contributed by atoms with Crippen molar-refractivity contribution in [1.29, 1.82) is 0 Å². The molecule has 270 valence electrons. The predicted octanol–water partition coefficient (Wildman–Crippen LogP) is 6.47. The van der Waals surface area contributed by atoms with Crippen LogP contribution in [-0.4, -0.2) is 93.8 Å². The van der Waals surface area contributed by atoms with Gasteiger partial charge in [-0.1, -0.05) is 48.3 Å². The van der Waals surface area contributed by atoms with Gasteiger partial charge >= 0.3 is 12.0 Å². The van der Waals surface area contributed by atoms with Gasteiger partial charge in [0.25, 0.3) is 5.56 Å². The number of carbonyl (C=O) groups excluding carboxylic acids is 1. The number of ether oxygens (including phenoxy) is 2. The average Bonchev–Trinajstić information content (AvgIpc) is 3.47. The van der Waals surface area contributed by atoms with E-state index in [-0.39, 0.29) is 34.1 Å². The standard InChI is InChI=1S/C37H38Cl2N8O4S/c1-5-45-16-18-46(19-17-45)22-31-33(49)47(34(52-31)23-10-15-27(38)28(39)20-23)24-11-13-25(14-12-24)50-36-40-35(43(2)3)41-37(42-36)51-30-21-32(48)44(4)29-9-7-6-8-26(29)30/h6-15,20-21,31,34H,5,16-19,22H2,1-4H3. The van der Waals surface area contributed by atoms with Crippen LogP contribution in [0.4, 0.5) is 11.6 Å². The van der Waals surface area contributed by atoms with Gasteiger partial charge in [0.15, 0.2) is 0 Å². The van der Waals surface area contributed by atoms with Crippen molar-refractivity contribution in [2.45, 2.75) is 17.5 Å². The fourth-order valence-corrected chi connectivity index (χ4v) is 8.10. The van der Waals surface area contributed by atoms with Crippen molar-refractivity contribution < 1.29 is 14.3 Å². The molecule has 0 aliphatic carbocycles. The number of nitrogens with zero attached hydrogens (tertiary/aromatic N) is 8. The number of likely N-dealkylation sites (N-methyl/N-ethyl adjacent to an activating group) is 1. The SMILES string of the molecule is CCN1CCN(CC2SC(c3ccc(Cl)c(Cl)c3)N(c3ccc(Oc4nc(Oc5cc(=O)n(C)c6ccccc56)nc(N(C)C)n4)cc3)C2=O)CC1. The van der Waals surface area contributed by atoms with E-state index in [2.05, 4.69) is 31.7 Å². The Bertz CT molecular complexity index is 2160. The largest absolute Gasteiger partial charge is 0.424 e. The molecule has 12 nitrogen and oxygen atoms in total. The smallest absolute Gasteiger partial charge is 0.330 e. The van der Waals surface area contributed by atoms with E-state index in [4.69, 9.17) is 32.7 Å². The van der Waals surface area contributed by atoms with Gasteiger partial charge in [0.05, 0.1) is 20.8 Å². The molecule has 0 radical (unpaired) electrons. The molecular formula is C37H38Cl2N8O4S. The van der Waals surface area contributed by atoms with Crippen LogP contribution in [0, 0.1) is 0 Å². The lowest BCUT2D eigenvalue weighted by molar-refractivity contribution is -0.118. The van der Waals surface area contributed by atoms with Crippen LogP contribution in [0.5, 0.6) is 23.5 Å². The van der Waals surface area contributed by atoms with Crippen LogP contribution < -0.4 is 24.8 Å². The maximum Gasteiger partial charge on any atom is 0.330 e. The van der Waals surface area contributed by atoms with Gasteiger partial charge in [-0.2, -0.15) is 9.97 Å². The molecular weight excluding hydrogens is 723 g/mol. The van der Waals surface area contributed by atoms with E-state index < -0.39 is 0 Å². The van der Waals surface area contributed by atoms with Crippen molar-refractivity contribution in [2.75, 3.05) is 63.2 Å². The van der Waals surface area contributed by atoms with Crippen LogP contribution >= 0.6 is 35.0 Å². The van der Waals surface area contributed by atoms with E-state index in [1.54, 1.807) is 60.6 Å². The summed E-state index contributed by atoms with van der Waals surface area (Å²) in [5.74, 6) is 1.10. The van der Waals surface area contributed by atoms with Gasteiger partial charge in [0.2, 0.25) is 11.9 Å². The van der Waals surface area contributed by atoms with Crippen molar-refractivity contribution in [3.05, 3.63) is 98.8 Å². The predicted molar refractivity (Wildman–Crippen MR) is 207 cm³/mol. The topological polar surface area (TPSA) is 109 Å². The van der Waals surface area contributed by atoms with Gasteiger partial charge in [0, 0.05) is 71.0 Å². The van der Waals surface area contributed by atoms with Gasteiger partial charge < -0.3 is 23.8 Å². The third kappa shape index (κ3) is 7.55. The first-order chi connectivity index (χ1) is 25.1. The number of benzene rings is 3. The zero-order valence-electron chi connectivity index (χ0n) is 29.2. The Hall–Kier alpha value is -4.40. The molecule has 2 aliphatic rings. The first-order valence-corrected chi connectivity index (χ1v) is 18.6. The number of rotatable bonds is 10. The van der Waals surface area contributed by atoms with E-state index in [0.29, 0.717) is 45.2 Å². The van der Waals surface area contributed by atoms with Gasteiger partial charge in [-0.3, -0.25) is 19.4 Å². The third-order valence-corrected chi connectivity index (χ3v) is 11.4.